The summed E-state index contributed by atoms with van der Waals surface area (Å²) in [7, 11) is 0. The van der Waals surface area contributed by atoms with Crippen LogP contribution in [0.3, 0.4) is 0 Å². The molecule has 0 amide bonds. The molecule has 0 bridgehead atoms. The molecule has 0 aliphatic heterocycles. The molecule has 10 nitrogen and oxygen atoms in total. The average molecular weight is 206 g/mol. The van der Waals surface area contributed by atoms with Crippen molar-refractivity contribution in [3.8, 4) is 0 Å². The van der Waals surface area contributed by atoms with Crippen LogP contribution in [0.1, 0.15) is 0 Å². The molecule has 0 fully saturated rings. The molecule has 0 aromatic carbocycles. The van der Waals surface area contributed by atoms with Crippen molar-refractivity contribution in [3.63, 3.8) is 0 Å². The summed E-state index contributed by atoms with van der Waals surface area (Å²) in [6, 6.07) is 0. The predicted molar refractivity (Wildman–Crippen MR) is 8.68 cm³/mol. The minimum Gasteiger partial charge on any atom is -0.689 e. The maximum absolute atomic E-state index is 8.89. The Kier molecular flexibility index (Phi) is 29.5. The smallest absolute Gasteiger partial charge is 0.689 e. The van der Waals surface area contributed by atoms with Crippen LogP contribution < -0.4 is 69.6 Å². The molecule has 0 saturated carbocycles. The second kappa shape index (κ2) is 18.4. The predicted octanol–water partition coefficient (Wildman–Crippen LogP) is -8.92. The molecule has 0 saturated heterocycles. The van der Waals surface area contributed by atoms with Crippen LogP contribution in [-0.2, 0) is 40.3 Å². The van der Waals surface area contributed by atoms with Crippen molar-refractivity contribution in [2.45, 2.75) is 0 Å². The van der Waals surface area contributed by atoms with Gasteiger partial charge in [0.25, 0.3) is 0 Å². The van der Waals surface area contributed by atoms with Crippen LogP contribution in [0.15, 0.2) is 0 Å². The van der Waals surface area contributed by atoms with E-state index in [1.807, 2.05) is 0 Å². The zero-order chi connectivity index (χ0) is 7.66. The molecule has 12 heavy (non-hydrogen) atoms. The molecule has 0 aromatic heterocycles. The molecular formula is Na2O10. The Morgan fingerprint density at radius 1 is 0.500 bits per heavy atom. The molecule has 0 aromatic rings. The van der Waals surface area contributed by atoms with E-state index < -0.39 is 0 Å². The van der Waals surface area contributed by atoms with Gasteiger partial charge < -0.3 is 10.5 Å². The standard InChI is InChI=1S/2Na.H2O10/c;;1-3-5-7-9-10-8-6-4-2/h;;1-2H/q2*+1;/p-2. The van der Waals surface area contributed by atoms with Gasteiger partial charge in [-0.3, -0.25) is 10.1 Å². The largest absolute Gasteiger partial charge is 1.00 e. The van der Waals surface area contributed by atoms with E-state index in [0.717, 1.165) is 0 Å². The van der Waals surface area contributed by atoms with E-state index in [2.05, 4.69) is 40.3 Å². The molecule has 62 valence electrons. The van der Waals surface area contributed by atoms with Crippen LogP contribution in [0.4, 0.5) is 0 Å². The molecular weight excluding hydrogens is 206 g/mol. The molecule has 0 unspecified atom stereocenters. The molecule has 0 spiro atoms. The Labute approximate surface area is 109 Å². The fourth-order valence-corrected chi connectivity index (χ4v) is 0.0680. The summed E-state index contributed by atoms with van der Waals surface area (Å²) in [6.45, 7) is 0. The molecule has 0 aliphatic rings. The van der Waals surface area contributed by atoms with Crippen molar-refractivity contribution in [1.82, 2.24) is 0 Å². The van der Waals surface area contributed by atoms with Gasteiger partial charge in [-0.15, -0.1) is 0 Å². The van der Waals surface area contributed by atoms with Crippen molar-refractivity contribution in [1.29, 1.82) is 0 Å². The summed E-state index contributed by atoms with van der Waals surface area (Å²) < 4.78 is 0. The van der Waals surface area contributed by atoms with Crippen LogP contribution in [0.2, 0.25) is 0 Å². The molecule has 0 N–H and O–H groups in total. The summed E-state index contributed by atoms with van der Waals surface area (Å²) in [4.78, 5) is 0. The van der Waals surface area contributed by atoms with Gasteiger partial charge in [0.05, 0.1) is 0 Å². The van der Waals surface area contributed by atoms with E-state index in [9.17, 15) is 0 Å². The van der Waals surface area contributed by atoms with Gasteiger partial charge in [-0.05, 0) is 30.2 Å². The van der Waals surface area contributed by atoms with Gasteiger partial charge in [-0.1, -0.05) is 0 Å². The van der Waals surface area contributed by atoms with E-state index in [4.69, 9.17) is 10.5 Å². The van der Waals surface area contributed by atoms with Crippen molar-refractivity contribution in [2.75, 3.05) is 0 Å². The van der Waals surface area contributed by atoms with E-state index >= 15 is 0 Å². The molecule has 12 heteroatoms. The molecule has 0 atom stereocenters. The minimum atomic E-state index is 0. The third-order valence-corrected chi connectivity index (χ3v) is 0.194. The van der Waals surface area contributed by atoms with Gasteiger partial charge in [0.15, 0.2) is 0 Å². The van der Waals surface area contributed by atoms with Crippen LogP contribution in [0.5, 0.6) is 0 Å². The third-order valence-electron chi connectivity index (χ3n) is 0.194. The van der Waals surface area contributed by atoms with Crippen molar-refractivity contribution in [3.05, 3.63) is 0 Å². The normalized spacial score (nSPS) is 8.50. The Balaban J connectivity index is -0.000000405. The summed E-state index contributed by atoms with van der Waals surface area (Å²) in [5.41, 5.74) is 0. The fourth-order valence-electron chi connectivity index (χ4n) is 0.0680. The summed E-state index contributed by atoms with van der Waals surface area (Å²) in [6.07, 6.45) is 0. The molecule has 0 aliphatic carbocycles. The monoisotopic (exact) mass is 206 g/mol. The van der Waals surface area contributed by atoms with Gasteiger partial charge in [-0.2, -0.15) is 0 Å². The number of rotatable bonds is 7. The van der Waals surface area contributed by atoms with Gasteiger partial charge in [0.1, 0.15) is 0 Å². The van der Waals surface area contributed by atoms with Crippen molar-refractivity contribution >= 4 is 0 Å². The zero-order valence-electron chi connectivity index (χ0n) is 6.08. The first kappa shape index (κ1) is 19.2. The number of hydrogen-bond donors (Lipinski definition) is 0. The molecule has 0 rings (SSSR count). The Morgan fingerprint density at radius 2 is 0.750 bits per heavy atom. The quantitative estimate of drug-likeness (QED) is 0.172. The average Bonchev–Trinajstić information content (AvgIpc) is 1.97. The first-order valence-electron chi connectivity index (χ1n) is 1.50. The van der Waals surface area contributed by atoms with Crippen molar-refractivity contribution < 1.29 is 110 Å². The Bertz CT molecular complexity index is 47.8. The first-order chi connectivity index (χ1) is 4.91. The van der Waals surface area contributed by atoms with E-state index in [1.54, 1.807) is 0 Å². The van der Waals surface area contributed by atoms with E-state index in [-0.39, 0.29) is 59.1 Å². The maximum Gasteiger partial charge on any atom is 1.00 e. The summed E-state index contributed by atoms with van der Waals surface area (Å²) >= 11 is 0. The van der Waals surface area contributed by atoms with Crippen LogP contribution >= 0.6 is 0 Å². The van der Waals surface area contributed by atoms with Crippen LogP contribution in [0, 0.1) is 0 Å². The zero-order valence-corrected chi connectivity index (χ0v) is 10.1. The van der Waals surface area contributed by atoms with E-state index in [1.165, 1.54) is 0 Å². The second-order valence-electron chi connectivity index (χ2n) is 0.544. The van der Waals surface area contributed by atoms with Gasteiger partial charge in [0.2, 0.25) is 0 Å². The van der Waals surface area contributed by atoms with E-state index in [0.29, 0.717) is 0 Å². The molecule has 0 heterocycles. The topological polar surface area (TPSA) is 120 Å². The first-order valence-corrected chi connectivity index (χ1v) is 1.50. The van der Waals surface area contributed by atoms with Gasteiger partial charge in [0, 0.05) is 0 Å². The van der Waals surface area contributed by atoms with Gasteiger partial charge >= 0.3 is 59.1 Å². The molecule has 0 radical (unpaired) electrons. The Hall–Kier alpha value is 1.60. The van der Waals surface area contributed by atoms with Gasteiger partial charge in [-0.25, -0.2) is 0 Å². The number of hydrogen-bond acceptors (Lipinski definition) is 10. The fraction of sp³-hybridized carbons (Fsp3) is 0. The SMILES string of the molecule is [Na+].[Na+].[O-]OOOOOOOO[O-]. The Morgan fingerprint density at radius 3 is 1.00 bits per heavy atom. The van der Waals surface area contributed by atoms with Crippen LogP contribution in [0.25, 0.3) is 0 Å². The second-order valence-corrected chi connectivity index (χ2v) is 0.544. The third kappa shape index (κ3) is 17.6. The summed E-state index contributed by atoms with van der Waals surface area (Å²) in [5, 5.41) is 42.0. The van der Waals surface area contributed by atoms with Crippen molar-refractivity contribution in [2.24, 2.45) is 0 Å². The summed E-state index contributed by atoms with van der Waals surface area (Å²) in [5.74, 6) is 0. The maximum atomic E-state index is 8.89. The van der Waals surface area contributed by atoms with Crippen LogP contribution in [-0.4, -0.2) is 0 Å². The minimum absolute atomic E-state index is 0.